The van der Waals surface area contributed by atoms with Crippen molar-refractivity contribution in [2.45, 2.75) is 12.5 Å². The van der Waals surface area contributed by atoms with Gasteiger partial charge < -0.3 is 20.3 Å². The number of benzene rings is 1. The van der Waals surface area contributed by atoms with Crippen molar-refractivity contribution in [1.82, 2.24) is 20.2 Å². The number of amides is 2. The third kappa shape index (κ3) is 4.22. The minimum atomic E-state index is -0.383. The fourth-order valence-electron chi connectivity index (χ4n) is 2.07. The van der Waals surface area contributed by atoms with Gasteiger partial charge in [-0.25, -0.2) is 9.78 Å². The Labute approximate surface area is 134 Å². The van der Waals surface area contributed by atoms with Crippen molar-refractivity contribution in [2.24, 2.45) is 7.05 Å². The van der Waals surface area contributed by atoms with Crippen LogP contribution in [0.15, 0.2) is 36.7 Å². The first-order valence-corrected chi connectivity index (χ1v) is 7.37. The Kier molecular flexibility index (Phi) is 5.80. The fourth-order valence-corrected chi connectivity index (χ4v) is 2.20. The van der Waals surface area contributed by atoms with Gasteiger partial charge >= 0.3 is 6.03 Å². The average molecular weight is 323 g/mol. The van der Waals surface area contributed by atoms with Crippen LogP contribution in [0.2, 0.25) is 5.02 Å². The Morgan fingerprint density at radius 1 is 1.41 bits per heavy atom. The van der Waals surface area contributed by atoms with Gasteiger partial charge in [0.2, 0.25) is 0 Å². The minimum Gasteiger partial charge on any atom is -0.396 e. The molecule has 0 saturated carbocycles. The van der Waals surface area contributed by atoms with E-state index >= 15 is 0 Å². The topological polar surface area (TPSA) is 79.2 Å². The Hall–Kier alpha value is -2.05. The largest absolute Gasteiger partial charge is 0.396 e. The van der Waals surface area contributed by atoms with Crippen molar-refractivity contribution in [1.29, 1.82) is 0 Å². The maximum atomic E-state index is 12.0. The molecule has 0 aliphatic carbocycles. The van der Waals surface area contributed by atoms with Crippen LogP contribution in [0.3, 0.4) is 0 Å². The molecule has 1 aromatic heterocycles. The first kappa shape index (κ1) is 16.3. The van der Waals surface area contributed by atoms with Crippen LogP contribution in [0.1, 0.15) is 23.9 Å². The Morgan fingerprint density at radius 3 is 2.73 bits per heavy atom. The van der Waals surface area contributed by atoms with Crippen LogP contribution in [-0.2, 0) is 7.05 Å². The van der Waals surface area contributed by atoms with Crippen molar-refractivity contribution in [3.05, 3.63) is 53.1 Å². The number of carbonyl (C=O) groups is 1. The summed E-state index contributed by atoms with van der Waals surface area (Å²) in [5, 5.41) is 15.0. The number of hydrogen-bond acceptors (Lipinski definition) is 3. The molecule has 0 aliphatic rings. The van der Waals surface area contributed by atoms with Crippen LogP contribution in [0.4, 0.5) is 4.79 Å². The SMILES string of the molecule is Cn1ccnc1[C@H](NC(=O)NCCCO)c1ccc(Cl)cc1. The molecule has 0 saturated heterocycles. The lowest BCUT2D eigenvalue weighted by atomic mass is 10.1. The third-order valence-electron chi connectivity index (χ3n) is 3.22. The van der Waals surface area contributed by atoms with Gasteiger partial charge in [-0.1, -0.05) is 23.7 Å². The van der Waals surface area contributed by atoms with E-state index in [1.165, 1.54) is 0 Å². The molecule has 3 N–H and O–H groups in total. The number of nitrogens with zero attached hydrogens (tertiary/aromatic N) is 2. The molecule has 6 nitrogen and oxygen atoms in total. The molecule has 1 aromatic carbocycles. The zero-order valence-corrected chi connectivity index (χ0v) is 13.0. The summed E-state index contributed by atoms with van der Waals surface area (Å²) in [5.74, 6) is 0.722. The predicted octanol–water partition coefficient (Wildman–Crippen LogP) is 1.84. The number of hydrogen-bond donors (Lipinski definition) is 3. The zero-order valence-electron chi connectivity index (χ0n) is 12.3. The summed E-state index contributed by atoms with van der Waals surface area (Å²) in [7, 11) is 1.87. The fraction of sp³-hybridized carbons (Fsp3) is 0.333. The maximum Gasteiger partial charge on any atom is 0.315 e. The summed E-state index contributed by atoms with van der Waals surface area (Å²) in [4.78, 5) is 16.3. The van der Waals surface area contributed by atoms with E-state index in [1.54, 1.807) is 18.3 Å². The molecule has 2 aromatic rings. The van der Waals surface area contributed by atoms with Crippen LogP contribution in [0.25, 0.3) is 0 Å². The summed E-state index contributed by atoms with van der Waals surface area (Å²) in [6.45, 7) is 0.455. The van der Waals surface area contributed by atoms with E-state index in [0.717, 1.165) is 11.4 Å². The van der Waals surface area contributed by atoms with Gasteiger partial charge in [-0.05, 0) is 24.1 Å². The first-order valence-electron chi connectivity index (χ1n) is 6.99. The molecule has 0 unspecified atom stereocenters. The number of rotatable bonds is 6. The lowest BCUT2D eigenvalue weighted by Crippen LogP contribution is -2.39. The molecule has 7 heteroatoms. The van der Waals surface area contributed by atoms with Gasteiger partial charge in [0.25, 0.3) is 0 Å². The van der Waals surface area contributed by atoms with Gasteiger partial charge in [0.15, 0.2) is 0 Å². The number of halogens is 1. The van der Waals surface area contributed by atoms with E-state index in [0.29, 0.717) is 18.0 Å². The summed E-state index contributed by atoms with van der Waals surface area (Å²) < 4.78 is 1.85. The van der Waals surface area contributed by atoms with Crippen molar-refractivity contribution >= 4 is 17.6 Å². The number of aryl methyl sites for hydroxylation is 1. The summed E-state index contributed by atoms with van der Waals surface area (Å²) in [6, 6.07) is 6.57. The second-order valence-electron chi connectivity index (χ2n) is 4.86. The van der Waals surface area contributed by atoms with Crippen LogP contribution < -0.4 is 10.6 Å². The monoisotopic (exact) mass is 322 g/mol. The quantitative estimate of drug-likeness (QED) is 0.710. The van der Waals surface area contributed by atoms with Gasteiger partial charge in [0.1, 0.15) is 11.9 Å². The molecule has 2 amide bonds. The number of aromatic nitrogens is 2. The molecule has 2 rings (SSSR count). The first-order chi connectivity index (χ1) is 10.6. The molecule has 0 radical (unpaired) electrons. The van der Waals surface area contributed by atoms with Crippen LogP contribution >= 0.6 is 11.6 Å². The Bertz CT molecular complexity index is 612. The number of aliphatic hydroxyl groups is 1. The highest BCUT2D eigenvalue weighted by atomic mass is 35.5. The number of urea groups is 1. The Balaban J connectivity index is 2.17. The zero-order chi connectivity index (χ0) is 15.9. The van der Waals surface area contributed by atoms with Crippen LogP contribution in [-0.4, -0.2) is 33.8 Å². The van der Waals surface area contributed by atoms with Crippen LogP contribution in [0, 0.1) is 0 Å². The van der Waals surface area contributed by atoms with E-state index in [9.17, 15) is 4.79 Å². The van der Waals surface area contributed by atoms with Crippen LogP contribution in [0.5, 0.6) is 0 Å². The maximum absolute atomic E-state index is 12.0. The highest BCUT2D eigenvalue weighted by Gasteiger charge is 2.20. The second kappa shape index (κ2) is 7.82. The summed E-state index contributed by atoms with van der Waals surface area (Å²) in [6.07, 6.45) is 4.02. The third-order valence-corrected chi connectivity index (χ3v) is 3.47. The molecular formula is C15H19ClN4O2. The minimum absolute atomic E-state index is 0.0419. The molecule has 0 fully saturated rings. The average Bonchev–Trinajstić information content (AvgIpc) is 2.92. The molecule has 118 valence electrons. The van der Waals surface area contributed by atoms with E-state index in [2.05, 4.69) is 15.6 Å². The van der Waals surface area contributed by atoms with Crippen molar-refractivity contribution in [3.63, 3.8) is 0 Å². The normalized spacial score (nSPS) is 12.0. The lowest BCUT2D eigenvalue weighted by Gasteiger charge is -2.19. The number of aliphatic hydroxyl groups excluding tert-OH is 1. The molecule has 22 heavy (non-hydrogen) atoms. The van der Waals surface area contributed by atoms with E-state index in [-0.39, 0.29) is 18.7 Å². The second-order valence-corrected chi connectivity index (χ2v) is 5.29. The van der Waals surface area contributed by atoms with E-state index < -0.39 is 0 Å². The molecule has 0 aliphatic heterocycles. The van der Waals surface area contributed by atoms with Crippen molar-refractivity contribution in [3.8, 4) is 0 Å². The number of carbonyl (C=O) groups excluding carboxylic acids is 1. The smallest absolute Gasteiger partial charge is 0.315 e. The van der Waals surface area contributed by atoms with E-state index in [4.69, 9.17) is 16.7 Å². The van der Waals surface area contributed by atoms with Gasteiger partial charge in [0, 0.05) is 37.6 Å². The number of nitrogens with one attached hydrogen (secondary N) is 2. The molecule has 0 spiro atoms. The Morgan fingerprint density at radius 2 is 2.14 bits per heavy atom. The summed E-state index contributed by atoms with van der Waals surface area (Å²) >= 11 is 5.92. The van der Waals surface area contributed by atoms with E-state index in [1.807, 2.05) is 29.9 Å². The molecular weight excluding hydrogens is 304 g/mol. The highest BCUT2D eigenvalue weighted by Crippen LogP contribution is 2.22. The van der Waals surface area contributed by atoms with Crippen molar-refractivity contribution in [2.75, 3.05) is 13.2 Å². The van der Waals surface area contributed by atoms with Gasteiger partial charge in [0.05, 0.1) is 0 Å². The van der Waals surface area contributed by atoms with Crippen molar-refractivity contribution < 1.29 is 9.90 Å². The van der Waals surface area contributed by atoms with Gasteiger partial charge in [-0.2, -0.15) is 0 Å². The predicted molar refractivity (Wildman–Crippen MR) is 84.7 cm³/mol. The van der Waals surface area contributed by atoms with Gasteiger partial charge in [-0.3, -0.25) is 0 Å². The lowest BCUT2D eigenvalue weighted by molar-refractivity contribution is 0.235. The molecule has 1 atom stereocenters. The molecule has 1 heterocycles. The summed E-state index contributed by atoms with van der Waals surface area (Å²) in [5.41, 5.74) is 0.885. The number of imidazole rings is 1. The standard InChI is InChI=1S/C15H19ClN4O2/c1-20-9-8-17-14(20)13(11-3-5-12(16)6-4-11)19-15(22)18-7-2-10-21/h3-6,8-9,13,21H,2,7,10H2,1H3,(H2,18,19,22)/t13-/m1/s1. The van der Waals surface area contributed by atoms with Gasteiger partial charge in [-0.15, -0.1) is 0 Å². The highest BCUT2D eigenvalue weighted by molar-refractivity contribution is 6.30. The molecule has 0 bridgehead atoms.